The van der Waals surface area contributed by atoms with Gasteiger partial charge in [0, 0.05) is 23.2 Å². The number of hydrogen-bond acceptors (Lipinski definition) is 3. The Balaban J connectivity index is 2.28. The maximum atomic E-state index is 14.2. The number of nitrogens with two attached hydrogens (primary N) is 1. The first-order valence-electron chi connectivity index (χ1n) is 7.14. The second-order valence-electron chi connectivity index (χ2n) is 5.39. The molecule has 0 spiro atoms. The summed E-state index contributed by atoms with van der Waals surface area (Å²) >= 11 is 5.86. The van der Waals surface area contributed by atoms with E-state index >= 15 is 0 Å². The molecule has 0 unspecified atom stereocenters. The molecule has 0 atom stereocenters. The normalized spacial score (nSPS) is 17.7. The summed E-state index contributed by atoms with van der Waals surface area (Å²) in [4.78, 5) is -0.417. The van der Waals surface area contributed by atoms with Gasteiger partial charge in [0.05, 0.1) is 0 Å². The van der Waals surface area contributed by atoms with E-state index in [9.17, 15) is 12.8 Å². The van der Waals surface area contributed by atoms with E-state index in [2.05, 4.69) is 4.72 Å². The number of sulfonamides is 1. The van der Waals surface area contributed by atoms with Crippen molar-refractivity contribution in [2.45, 2.75) is 56.0 Å². The van der Waals surface area contributed by atoms with Crippen LogP contribution in [-0.2, 0) is 16.6 Å². The zero-order chi connectivity index (χ0) is 15.5. The van der Waals surface area contributed by atoms with E-state index in [1.807, 2.05) is 0 Å². The smallest absolute Gasteiger partial charge is 0.243 e. The minimum Gasteiger partial charge on any atom is -0.326 e. The van der Waals surface area contributed by atoms with Crippen LogP contribution in [-0.4, -0.2) is 14.5 Å². The van der Waals surface area contributed by atoms with Crippen LogP contribution < -0.4 is 10.5 Å². The molecular weight excluding hydrogens is 315 g/mol. The first kappa shape index (κ1) is 16.7. The van der Waals surface area contributed by atoms with Crippen molar-refractivity contribution in [3.63, 3.8) is 0 Å². The van der Waals surface area contributed by atoms with Gasteiger partial charge in [-0.25, -0.2) is 17.5 Å². The molecule has 4 nitrogen and oxygen atoms in total. The topological polar surface area (TPSA) is 72.2 Å². The average molecular weight is 335 g/mol. The van der Waals surface area contributed by atoms with Crippen LogP contribution in [0.1, 0.15) is 44.1 Å². The highest BCUT2D eigenvalue weighted by Crippen LogP contribution is 2.25. The zero-order valence-electron chi connectivity index (χ0n) is 11.7. The highest BCUT2D eigenvalue weighted by Gasteiger charge is 2.25. The van der Waals surface area contributed by atoms with Crippen molar-refractivity contribution >= 4 is 21.6 Å². The lowest BCUT2D eigenvalue weighted by molar-refractivity contribution is 0.502. The Morgan fingerprint density at radius 1 is 1.24 bits per heavy atom. The molecule has 1 saturated carbocycles. The maximum Gasteiger partial charge on any atom is 0.243 e. The van der Waals surface area contributed by atoms with Gasteiger partial charge in [0.2, 0.25) is 10.0 Å². The fraction of sp³-hybridized carbons (Fsp3) is 0.571. The molecular formula is C14H20ClFN2O2S. The summed E-state index contributed by atoms with van der Waals surface area (Å²) in [7, 11) is -3.93. The Kier molecular flexibility index (Phi) is 5.60. The summed E-state index contributed by atoms with van der Waals surface area (Å²) in [5.41, 5.74) is 5.52. The van der Waals surface area contributed by atoms with Crippen molar-refractivity contribution < 1.29 is 12.8 Å². The third-order valence-corrected chi connectivity index (χ3v) is 5.50. The van der Waals surface area contributed by atoms with Gasteiger partial charge in [-0.3, -0.25) is 0 Å². The van der Waals surface area contributed by atoms with Crippen LogP contribution >= 0.6 is 11.6 Å². The molecule has 0 bridgehead atoms. The monoisotopic (exact) mass is 334 g/mol. The van der Waals surface area contributed by atoms with Crippen molar-refractivity contribution in [2.75, 3.05) is 0 Å². The molecule has 21 heavy (non-hydrogen) atoms. The Hall–Kier alpha value is -0.690. The summed E-state index contributed by atoms with van der Waals surface area (Å²) in [5.74, 6) is -0.817. The van der Waals surface area contributed by atoms with Gasteiger partial charge in [-0.05, 0) is 25.0 Å². The number of rotatable bonds is 4. The Labute approximate surface area is 129 Å². The third-order valence-electron chi connectivity index (χ3n) is 3.77. The molecule has 0 radical (unpaired) electrons. The Morgan fingerprint density at radius 3 is 2.43 bits per heavy atom. The predicted octanol–water partition coefficient (Wildman–Crippen LogP) is 2.94. The fourth-order valence-electron chi connectivity index (χ4n) is 2.64. The predicted molar refractivity (Wildman–Crippen MR) is 81.1 cm³/mol. The molecule has 1 aromatic rings. The third kappa shape index (κ3) is 4.16. The van der Waals surface area contributed by atoms with E-state index < -0.39 is 20.7 Å². The molecule has 1 aliphatic rings. The molecule has 0 heterocycles. The van der Waals surface area contributed by atoms with Gasteiger partial charge in [-0.1, -0.05) is 37.3 Å². The number of hydrogen-bond donors (Lipinski definition) is 2. The second-order valence-corrected chi connectivity index (χ2v) is 7.51. The molecule has 0 aliphatic heterocycles. The minimum atomic E-state index is -3.93. The van der Waals surface area contributed by atoms with E-state index in [-0.39, 0.29) is 23.2 Å². The van der Waals surface area contributed by atoms with Crippen LogP contribution in [0.5, 0.6) is 0 Å². The molecule has 118 valence electrons. The highest BCUT2D eigenvalue weighted by atomic mass is 35.5. The first-order chi connectivity index (χ1) is 9.94. The number of nitrogens with one attached hydrogen (secondary N) is 1. The van der Waals surface area contributed by atoms with Gasteiger partial charge in [0.15, 0.2) is 0 Å². The summed E-state index contributed by atoms with van der Waals surface area (Å²) in [6.07, 6.45) is 5.76. The minimum absolute atomic E-state index is 0.0989. The molecule has 0 amide bonds. The van der Waals surface area contributed by atoms with Crippen LogP contribution in [0.4, 0.5) is 4.39 Å². The van der Waals surface area contributed by atoms with Gasteiger partial charge in [0.1, 0.15) is 10.7 Å². The number of halogens is 2. The van der Waals surface area contributed by atoms with Crippen LogP contribution in [0.3, 0.4) is 0 Å². The molecule has 7 heteroatoms. The van der Waals surface area contributed by atoms with Crippen molar-refractivity contribution in [2.24, 2.45) is 5.73 Å². The van der Waals surface area contributed by atoms with E-state index in [0.29, 0.717) is 0 Å². The van der Waals surface area contributed by atoms with Gasteiger partial charge >= 0.3 is 0 Å². The summed E-state index contributed by atoms with van der Waals surface area (Å²) in [6, 6.07) is 2.34. The van der Waals surface area contributed by atoms with Gasteiger partial charge in [0.25, 0.3) is 0 Å². The fourth-order valence-corrected chi connectivity index (χ4v) is 4.40. The summed E-state index contributed by atoms with van der Waals surface area (Å²) in [5, 5.41) is 0.165. The highest BCUT2D eigenvalue weighted by molar-refractivity contribution is 7.89. The lowest BCUT2D eigenvalue weighted by Crippen LogP contribution is -2.35. The molecule has 0 saturated heterocycles. The van der Waals surface area contributed by atoms with Crippen molar-refractivity contribution in [1.29, 1.82) is 0 Å². The molecule has 2 rings (SSSR count). The molecule has 1 aliphatic carbocycles. The molecule has 0 aromatic heterocycles. The van der Waals surface area contributed by atoms with Crippen LogP contribution in [0.15, 0.2) is 17.0 Å². The first-order valence-corrected chi connectivity index (χ1v) is 9.00. The van der Waals surface area contributed by atoms with E-state index in [4.69, 9.17) is 17.3 Å². The Bertz CT molecular complexity index is 599. The average Bonchev–Trinajstić information content (AvgIpc) is 2.68. The van der Waals surface area contributed by atoms with Gasteiger partial charge in [-0.2, -0.15) is 0 Å². The van der Waals surface area contributed by atoms with Crippen LogP contribution in [0, 0.1) is 5.82 Å². The largest absolute Gasteiger partial charge is 0.326 e. The molecule has 1 aromatic carbocycles. The molecule has 1 fully saturated rings. The Morgan fingerprint density at radius 2 is 1.86 bits per heavy atom. The van der Waals surface area contributed by atoms with E-state index in [1.54, 1.807) is 0 Å². The van der Waals surface area contributed by atoms with Crippen molar-refractivity contribution in [1.82, 2.24) is 4.72 Å². The second kappa shape index (κ2) is 7.05. The van der Waals surface area contributed by atoms with Crippen LogP contribution in [0.25, 0.3) is 0 Å². The van der Waals surface area contributed by atoms with Gasteiger partial charge in [-0.15, -0.1) is 0 Å². The summed E-state index contributed by atoms with van der Waals surface area (Å²) < 4.78 is 41.6. The van der Waals surface area contributed by atoms with Gasteiger partial charge < -0.3 is 5.73 Å². The van der Waals surface area contributed by atoms with Crippen molar-refractivity contribution in [3.8, 4) is 0 Å². The standard InChI is InChI=1S/C14H20ClFN2O2S/c15-11-7-10(9-17)14(16)13(8-11)21(19,20)18-12-5-3-1-2-4-6-12/h7-8,12,18H,1-6,9,17H2. The van der Waals surface area contributed by atoms with Crippen LogP contribution in [0.2, 0.25) is 5.02 Å². The van der Waals surface area contributed by atoms with Crippen molar-refractivity contribution in [3.05, 3.63) is 28.5 Å². The maximum absolute atomic E-state index is 14.2. The quantitative estimate of drug-likeness (QED) is 0.831. The lowest BCUT2D eigenvalue weighted by Gasteiger charge is -2.17. The molecule has 3 N–H and O–H groups in total. The van der Waals surface area contributed by atoms with E-state index in [0.717, 1.165) is 44.6 Å². The zero-order valence-corrected chi connectivity index (χ0v) is 13.3. The van der Waals surface area contributed by atoms with E-state index in [1.165, 1.54) is 6.07 Å². The SMILES string of the molecule is NCc1cc(Cl)cc(S(=O)(=O)NC2CCCCCC2)c1F. The lowest BCUT2D eigenvalue weighted by atomic mass is 10.1. The summed E-state index contributed by atoms with van der Waals surface area (Å²) in [6.45, 7) is -0.0989. The number of benzene rings is 1.